The lowest BCUT2D eigenvalue weighted by Gasteiger charge is -2.06. The highest BCUT2D eigenvalue weighted by molar-refractivity contribution is 14.1. The Bertz CT molecular complexity index is 883. The quantitative estimate of drug-likeness (QED) is 0.489. The number of hydrogen-bond donors (Lipinski definition) is 1. The molecule has 0 amide bonds. The molecule has 1 aromatic carbocycles. The van der Waals surface area contributed by atoms with Crippen LogP contribution in [-0.2, 0) is 4.74 Å². The molecule has 2 aromatic heterocycles. The van der Waals surface area contributed by atoms with Crippen LogP contribution in [0, 0.1) is 3.57 Å². The second-order valence-corrected chi connectivity index (χ2v) is 6.01. The van der Waals surface area contributed by atoms with E-state index in [1.54, 1.807) is 31.5 Å². The molecular formula is C14H11ClIN5O2. The normalized spacial score (nSPS) is 10.7. The first-order valence-corrected chi connectivity index (χ1v) is 8.14. The molecule has 9 heteroatoms. The van der Waals surface area contributed by atoms with Crippen LogP contribution in [0.15, 0.2) is 30.6 Å². The van der Waals surface area contributed by atoms with Gasteiger partial charge in [0.15, 0.2) is 0 Å². The van der Waals surface area contributed by atoms with E-state index in [-0.39, 0.29) is 0 Å². The molecule has 0 bridgehead atoms. The predicted octanol–water partition coefficient (Wildman–Crippen LogP) is 3.83. The van der Waals surface area contributed by atoms with Gasteiger partial charge in [0.2, 0.25) is 5.95 Å². The van der Waals surface area contributed by atoms with Gasteiger partial charge in [-0.2, -0.15) is 14.8 Å². The summed E-state index contributed by atoms with van der Waals surface area (Å²) in [5.74, 6) is 0.396. The molecule has 7 nitrogen and oxygen atoms in total. The van der Waals surface area contributed by atoms with Crippen molar-refractivity contribution in [3.63, 3.8) is 0 Å². The lowest BCUT2D eigenvalue weighted by molar-refractivity contribution is 0.151. The highest BCUT2D eigenvalue weighted by atomic mass is 127. The minimum absolute atomic E-state index is 0.296. The summed E-state index contributed by atoms with van der Waals surface area (Å²) < 4.78 is 6.96. The van der Waals surface area contributed by atoms with Crippen LogP contribution in [0.4, 0.5) is 16.4 Å². The zero-order valence-electron chi connectivity index (χ0n) is 12.0. The van der Waals surface area contributed by atoms with Gasteiger partial charge >= 0.3 is 6.09 Å². The molecule has 0 fully saturated rings. The van der Waals surface area contributed by atoms with Crippen molar-refractivity contribution in [2.75, 3.05) is 11.9 Å². The van der Waals surface area contributed by atoms with E-state index in [9.17, 15) is 4.79 Å². The van der Waals surface area contributed by atoms with E-state index in [2.05, 4.69) is 43.0 Å². The molecule has 23 heavy (non-hydrogen) atoms. The van der Waals surface area contributed by atoms with Crippen LogP contribution >= 0.6 is 34.2 Å². The van der Waals surface area contributed by atoms with Gasteiger partial charge in [0.05, 0.1) is 21.9 Å². The van der Waals surface area contributed by atoms with Crippen LogP contribution in [0.1, 0.15) is 6.92 Å². The average molecular weight is 444 g/mol. The van der Waals surface area contributed by atoms with E-state index in [1.807, 2.05) is 6.07 Å². The van der Waals surface area contributed by atoms with Crippen molar-refractivity contribution in [1.82, 2.24) is 19.7 Å². The van der Waals surface area contributed by atoms with Crippen molar-refractivity contribution >= 4 is 62.8 Å². The van der Waals surface area contributed by atoms with E-state index in [1.165, 1.54) is 4.68 Å². The first-order valence-electron chi connectivity index (χ1n) is 6.68. The van der Waals surface area contributed by atoms with Crippen molar-refractivity contribution in [1.29, 1.82) is 0 Å². The summed E-state index contributed by atoms with van der Waals surface area (Å²) in [6, 6.07) is 5.41. The number of ether oxygens (including phenoxy) is 1. The SMILES string of the molecule is CCOC(=O)n1ncc2cc(Nc3ncc(I)c(Cl)n3)ccc21. The molecule has 0 saturated heterocycles. The summed E-state index contributed by atoms with van der Waals surface area (Å²) in [6.07, 6.45) is 2.73. The van der Waals surface area contributed by atoms with Crippen LogP contribution in [0.2, 0.25) is 5.15 Å². The Balaban J connectivity index is 1.88. The Hall–Kier alpha value is -1.94. The maximum absolute atomic E-state index is 11.8. The van der Waals surface area contributed by atoms with E-state index < -0.39 is 6.09 Å². The van der Waals surface area contributed by atoms with E-state index in [0.29, 0.717) is 23.2 Å². The number of anilines is 2. The summed E-state index contributed by atoms with van der Waals surface area (Å²) in [7, 11) is 0. The summed E-state index contributed by atoms with van der Waals surface area (Å²) >= 11 is 8.04. The van der Waals surface area contributed by atoms with Crippen molar-refractivity contribution in [2.24, 2.45) is 0 Å². The molecule has 1 N–H and O–H groups in total. The maximum atomic E-state index is 11.8. The number of carbonyl (C=O) groups is 1. The van der Waals surface area contributed by atoms with Crippen LogP contribution in [-0.4, -0.2) is 32.4 Å². The molecule has 0 aliphatic rings. The van der Waals surface area contributed by atoms with Gasteiger partial charge in [-0.15, -0.1) is 0 Å². The second-order valence-electron chi connectivity index (χ2n) is 4.49. The molecule has 0 aliphatic heterocycles. The third kappa shape index (κ3) is 3.37. The number of benzene rings is 1. The molecule has 3 aromatic rings. The van der Waals surface area contributed by atoms with Crippen LogP contribution in [0.25, 0.3) is 10.9 Å². The summed E-state index contributed by atoms with van der Waals surface area (Å²) in [5.41, 5.74) is 1.42. The second kappa shape index (κ2) is 6.67. The third-order valence-corrected chi connectivity index (χ3v) is 4.36. The van der Waals surface area contributed by atoms with Gasteiger partial charge in [0.1, 0.15) is 5.15 Å². The number of carbonyl (C=O) groups excluding carboxylic acids is 1. The molecule has 0 radical (unpaired) electrons. The van der Waals surface area contributed by atoms with Crippen LogP contribution in [0.5, 0.6) is 0 Å². The van der Waals surface area contributed by atoms with E-state index in [0.717, 1.165) is 14.6 Å². The third-order valence-electron chi connectivity index (χ3n) is 2.97. The number of aromatic nitrogens is 4. The maximum Gasteiger partial charge on any atom is 0.435 e. The number of nitrogens with one attached hydrogen (secondary N) is 1. The predicted molar refractivity (Wildman–Crippen MR) is 95.2 cm³/mol. The Labute approximate surface area is 150 Å². The first kappa shape index (κ1) is 15.9. The number of halogens is 2. The summed E-state index contributed by atoms with van der Waals surface area (Å²) in [5, 5.41) is 8.29. The Morgan fingerprint density at radius 3 is 3.00 bits per heavy atom. The van der Waals surface area contributed by atoms with Gasteiger partial charge in [-0.25, -0.2) is 9.78 Å². The van der Waals surface area contributed by atoms with E-state index >= 15 is 0 Å². The Morgan fingerprint density at radius 1 is 1.43 bits per heavy atom. The highest BCUT2D eigenvalue weighted by Gasteiger charge is 2.12. The fraction of sp³-hybridized carbons (Fsp3) is 0.143. The fourth-order valence-corrected chi connectivity index (χ4v) is 2.37. The molecule has 0 saturated carbocycles. The largest absolute Gasteiger partial charge is 0.448 e. The van der Waals surface area contributed by atoms with Crippen LogP contribution in [0.3, 0.4) is 0 Å². The highest BCUT2D eigenvalue weighted by Crippen LogP contribution is 2.22. The zero-order valence-corrected chi connectivity index (χ0v) is 14.9. The molecular weight excluding hydrogens is 433 g/mol. The first-order chi connectivity index (χ1) is 11.1. The Kier molecular flexibility index (Phi) is 4.62. The van der Waals surface area contributed by atoms with Crippen molar-refractivity contribution in [2.45, 2.75) is 6.92 Å². The van der Waals surface area contributed by atoms with Crippen molar-refractivity contribution in [3.8, 4) is 0 Å². The molecule has 118 valence electrons. The molecule has 0 unspecified atom stereocenters. The van der Waals surface area contributed by atoms with Gasteiger partial charge in [-0.05, 0) is 47.7 Å². The minimum Gasteiger partial charge on any atom is -0.448 e. The average Bonchev–Trinajstić information content (AvgIpc) is 2.94. The lowest BCUT2D eigenvalue weighted by atomic mass is 10.2. The molecule has 0 spiro atoms. The number of nitrogens with zero attached hydrogens (tertiary/aromatic N) is 4. The molecule has 2 heterocycles. The number of hydrogen-bond acceptors (Lipinski definition) is 6. The van der Waals surface area contributed by atoms with Gasteiger partial charge in [-0.1, -0.05) is 11.6 Å². The van der Waals surface area contributed by atoms with Gasteiger partial charge in [0.25, 0.3) is 0 Å². The van der Waals surface area contributed by atoms with Crippen molar-refractivity contribution < 1.29 is 9.53 Å². The lowest BCUT2D eigenvalue weighted by Crippen LogP contribution is -2.14. The minimum atomic E-state index is -0.504. The zero-order chi connectivity index (χ0) is 16.4. The number of fused-ring (bicyclic) bond motifs is 1. The van der Waals surface area contributed by atoms with E-state index in [4.69, 9.17) is 16.3 Å². The monoisotopic (exact) mass is 443 g/mol. The topological polar surface area (TPSA) is 81.9 Å². The smallest absolute Gasteiger partial charge is 0.435 e. The fourth-order valence-electron chi connectivity index (χ4n) is 1.98. The van der Waals surface area contributed by atoms with Gasteiger partial charge in [0, 0.05) is 17.3 Å². The number of rotatable bonds is 3. The van der Waals surface area contributed by atoms with Crippen LogP contribution < -0.4 is 5.32 Å². The standard InChI is InChI=1S/C14H11ClIN5O2/c1-2-23-14(22)21-11-4-3-9(5-8(11)6-18-21)19-13-17-7-10(16)12(15)20-13/h3-7H,2H2,1H3,(H,17,19,20). The molecule has 3 rings (SSSR count). The van der Waals surface area contributed by atoms with Gasteiger partial charge in [-0.3, -0.25) is 0 Å². The molecule has 0 aliphatic carbocycles. The Morgan fingerprint density at radius 2 is 2.26 bits per heavy atom. The van der Waals surface area contributed by atoms with Gasteiger partial charge < -0.3 is 10.1 Å². The summed E-state index contributed by atoms with van der Waals surface area (Å²) in [4.78, 5) is 20.1. The molecule has 0 atom stereocenters. The summed E-state index contributed by atoms with van der Waals surface area (Å²) in [6.45, 7) is 2.04. The van der Waals surface area contributed by atoms with Crippen molar-refractivity contribution in [3.05, 3.63) is 39.3 Å².